The number of anilines is 1. The van der Waals surface area contributed by atoms with Crippen LogP contribution in [0.15, 0.2) is 24.3 Å². The highest BCUT2D eigenvalue weighted by atomic mass is 19.2. The average molecular weight is 277 g/mol. The van der Waals surface area contributed by atoms with Crippen molar-refractivity contribution in [3.8, 4) is 0 Å². The van der Waals surface area contributed by atoms with Crippen molar-refractivity contribution in [1.82, 2.24) is 9.78 Å². The van der Waals surface area contributed by atoms with E-state index in [2.05, 4.69) is 17.3 Å². The second-order valence-corrected chi connectivity index (χ2v) is 5.12. The van der Waals surface area contributed by atoms with Crippen LogP contribution in [0.2, 0.25) is 0 Å². The van der Waals surface area contributed by atoms with Gasteiger partial charge in [0.1, 0.15) is 5.82 Å². The highest BCUT2D eigenvalue weighted by Crippen LogP contribution is 2.30. The predicted molar refractivity (Wildman–Crippen MR) is 73.8 cm³/mol. The fourth-order valence-corrected chi connectivity index (χ4v) is 2.68. The molecule has 0 aliphatic carbocycles. The topological polar surface area (TPSA) is 29.9 Å². The number of halogens is 2. The normalized spacial score (nSPS) is 17.6. The number of hydrogen-bond acceptors (Lipinski definition) is 2. The summed E-state index contributed by atoms with van der Waals surface area (Å²) < 4.78 is 28.4. The van der Waals surface area contributed by atoms with E-state index in [1.165, 1.54) is 12.1 Å². The highest BCUT2D eigenvalue weighted by molar-refractivity contribution is 5.41. The second-order valence-electron chi connectivity index (χ2n) is 5.12. The number of benzene rings is 1. The fraction of sp³-hybridized carbons (Fsp3) is 0.400. The number of rotatable bonds is 3. The van der Waals surface area contributed by atoms with Crippen molar-refractivity contribution >= 4 is 5.82 Å². The standard InChI is InChI=1S/C15H17F2N3/c1-2-3-11-9-15-18-7-6-14(20(15)19-11)10-4-5-12(16)13(17)8-10/h4-5,8-9,14,18H,2-3,6-7H2,1H3. The van der Waals surface area contributed by atoms with E-state index in [4.69, 9.17) is 0 Å². The molecule has 3 rings (SSSR count). The molecule has 5 heteroatoms. The molecule has 0 fully saturated rings. The molecule has 3 nitrogen and oxygen atoms in total. The maximum atomic E-state index is 13.4. The summed E-state index contributed by atoms with van der Waals surface area (Å²) in [4.78, 5) is 0. The second kappa shape index (κ2) is 5.23. The Morgan fingerprint density at radius 1 is 1.30 bits per heavy atom. The minimum absolute atomic E-state index is 0.0352. The van der Waals surface area contributed by atoms with Crippen LogP contribution in [0.25, 0.3) is 0 Å². The summed E-state index contributed by atoms with van der Waals surface area (Å²) in [6.07, 6.45) is 2.77. The summed E-state index contributed by atoms with van der Waals surface area (Å²) in [7, 11) is 0. The van der Waals surface area contributed by atoms with Crippen LogP contribution in [0.4, 0.5) is 14.6 Å². The van der Waals surface area contributed by atoms with Gasteiger partial charge in [0.25, 0.3) is 0 Å². The van der Waals surface area contributed by atoms with E-state index in [1.807, 2.05) is 10.7 Å². The highest BCUT2D eigenvalue weighted by Gasteiger charge is 2.23. The van der Waals surface area contributed by atoms with Gasteiger partial charge in [-0.15, -0.1) is 0 Å². The van der Waals surface area contributed by atoms with E-state index in [9.17, 15) is 8.78 Å². The van der Waals surface area contributed by atoms with E-state index in [0.717, 1.165) is 42.9 Å². The van der Waals surface area contributed by atoms with Crippen molar-refractivity contribution in [2.24, 2.45) is 0 Å². The monoisotopic (exact) mass is 277 g/mol. The molecule has 1 aliphatic heterocycles. The third kappa shape index (κ3) is 2.28. The van der Waals surface area contributed by atoms with Gasteiger partial charge in [0.2, 0.25) is 0 Å². The minimum atomic E-state index is -0.810. The third-order valence-corrected chi connectivity index (χ3v) is 3.64. The van der Waals surface area contributed by atoms with Gasteiger partial charge in [0, 0.05) is 12.6 Å². The molecular formula is C15H17F2N3. The zero-order chi connectivity index (χ0) is 14.1. The Bertz CT molecular complexity index is 622. The molecule has 0 saturated carbocycles. The molecule has 0 saturated heterocycles. The summed E-state index contributed by atoms with van der Waals surface area (Å²) >= 11 is 0. The molecule has 0 radical (unpaired) electrons. The molecule has 1 N–H and O–H groups in total. The molecule has 1 atom stereocenters. The lowest BCUT2D eigenvalue weighted by Crippen LogP contribution is -2.24. The van der Waals surface area contributed by atoms with Crippen LogP contribution < -0.4 is 5.32 Å². The van der Waals surface area contributed by atoms with Gasteiger partial charge >= 0.3 is 0 Å². The maximum Gasteiger partial charge on any atom is 0.159 e. The van der Waals surface area contributed by atoms with Crippen LogP contribution in [-0.2, 0) is 6.42 Å². The summed E-state index contributed by atoms with van der Waals surface area (Å²) in [5.74, 6) is -0.659. The molecule has 20 heavy (non-hydrogen) atoms. The maximum absolute atomic E-state index is 13.4. The first-order chi connectivity index (χ1) is 9.69. The molecule has 2 heterocycles. The Balaban J connectivity index is 1.98. The van der Waals surface area contributed by atoms with Crippen LogP contribution in [0.5, 0.6) is 0 Å². The number of aromatic nitrogens is 2. The van der Waals surface area contributed by atoms with Gasteiger partial charge in [-0.1, -0.05) is 19.4 Å². The molecule has 106 valence electrons. The zero-order valence-electron chi connectivity index (χ0n) is 11.4. The lowest BCUT2D eigenvalue weighted by atomic mass is 10.0. The molecule has 1 aliphatic rings. The van der Waals surface area contributed by atoms with Gasteiger partial charge in [-0.2, -0.15) is 5.10 Å². The quantitative estimate of drug-likeness (QED) is 0.930. The third-order valence-electron chi connectivity index (χ3n) is 3.64. The number of hydrogen-bond donors (Lipinski definition) is 1. The van der Waals surface area contributed by atoms with Crippen LogP contribution in [0.1, 0.15) is 37.1 Å². The van der Waals surface area contributed by atoms with Gasteiger partial charge in [0.15, 0.2) is 11.6 Å². The zero-order valence-corrected chi connectivity index (χ0v) is 11.4. The van der Waals surface area contributed by atoms with Gasteiger partial charge < -0.3 is 5.32 Å². The molecule has 0 spiro atoms. The lowest BCUT2D eigenvalue weighted by Gasteiger charge is -2.26. The molecule has 2 aromatic rings. The molecule has 1 unspecified atom stereocenters. The Morgan fingerprint density at radius 2 is 2.15 bits per heavy atom. The summed E-state index contributed by atoms with van der Waals surface area (Å²) in [6, 6.07) is 6.10. The Labute approximate surface area is 116 Å². The Hall–Kier alpha value is -1.91. The Kier molecular flexibility index (Phi) is 3.42. The van der Waals surface area contributed by atoms with Gasteiger partial charge in [-0.25, -0.2) is 13.5 Å². The SMILES string of the molecule is CCCc1cc2n(n1)C(c1ccc(F)c(F)c1)CCN2. The molecular weight excluding hydrogens is 260 g/mol. The van der Waals surface area contributed by atoms with E-state index >= 15 is 0 Å². The van der Waals surface area contributed by atoms with Crippen molar-refractivity contribution in [3.63, 3.8) is 0 Å². The first-order valence-electron chi connectivity index (χ1n) is 6.96. The van der Waals surface area contributed by atoms with E-state index < -0.39 is 11.6 Å². The van der Waals surface area contributed by atoms with Crippen LogP contribution >= 0.6 is 0 Å². The van der Waals surface area contributed by atoms with Crippen LogP contribution in [0.3, 0.4) is 0 Å². The molecule has 0 bridgehead atoms. The van der Waals surface area contributed by atoms with Gasteiger partial charge in [0.05, 0.1) is 11.7 Å². The summed E-state index contributed by atoms with van der Waals surface area (Å²) in [5, 5.41) is 7.89. The first kappa shape index (κ1) is 13.1. The predicted octanol–water partition coefficient (Wildman–Crippen LogP) is 3.52. The lowest BCUT2D eigenvalue weighted by molar-refractivity contribution is 0.466. The van der Waals surface area contributed by atoms with Crippen LogP contribution in [-0.4, -0.2) is 16.3 Å². The smallest absolute Gasteiger partial charge is 0.159 e. The number of fused-ring (bicyclic) bond motifs is 1. The number of nitrogens with one attached hydrogen (secondary N) is 1. The summed E-state index contributed by atoms with van der Waals surface area (Å²) in [5.41, 5.74) is 1.79. The van der Waals surface area contributed by atoms with Crippen molar-refractivity contribution in [3.05, 3.63) is 47.2 Å². The molecule has 0 amide bonds. The summed E-state index contributed by atoms with van der Waals surface area (Å²) in [6.45, 7) is 2.92. The van der Waals surface area contributed by atoms with Gasteiger partial charge in [-0.05, 0) is 30.5 Å². The minimum Gasteiger partial charge on any atom is -0.370 e. The van der Waals surface area contributed by atoms with E-state index in [-0.39, 0.29) is 6.04 Å². The first-order valence-corrected chi connectivity index (χ1v) is 6.96. The van der Waals surface area contributed by atoms with Crippen molar-refractivity contribution in [2.45, 2.75) is 32.2 Å². The van der Waals surface area contributed by atoms with Gasteiger partial charge in [-0.3, -0.25) is 0 Å². The average Bonchev–Trinajstić information content (AvgIpc) is 2.84. The van der Waals surface area contributed by atoms with Crippen molar-refractivity contribution < 1.29 is 8.78 Å². The number of aryl methyl sites for hydroxylation is 1. The number of nitrogens with zero attached hydrogens (tertiary/aromatic N) is 2. The molecule has 1 aromatic carbocycles. The van der Waals surface area contributed by atoms with Crippen LogP contribution in [0, 0.1) is 11.6 Å². The van der Waals surface area contributed by atoms with Crippen molar-refractivity contribution in [1.29, 1.82) is 0 Å². The fourth-order valence-electron chi connectivity index (χ4n) is 2.68. The largest absolute Gasteiger partial charge is 0.370 e. The Morgan fingerprint density at radius 3 is 2.90 bits per heavy atom. The van der Waals surface area contributed by atoms with Crippen molar-refractivity contribution in [2.75, 3.05) is 11.9 Å². The van der Waals surface area contributed by atoms with E-state index in [0.29, 0.717) is 0 Å². The van der Waals surface area contributed by atoms with E-state index in [1.54, 1.807) is 6.07 Å². The molecule has 1 aromatic heterocycles.